The highest BCUT2D eigenvalue weighted by Crippen LogP contribution is 2.11. The maximum atomic E-state index is 12.1. The summed E-state index contributed by atoms with van der Waals surface area (Å²) in [5, 5.41) is 0. The lowest BCUT2D eigenvalue weighted by Crippen LogP contribution is -2.24. The van der Waals surface area contributed by atoms with Gasteiger partial charge < -0.3 is 28.7 Å². The molecule has 0 radical (unpaired) electrons. The summed E-state index contributed by atoms with van der Waals surface area (Å²) < 4.78 is 28.6. The van der Waals surface area contributed by atoms with Crippen LogP contribution in [0.25, 0.3) is 0 Å². The fourth-order valence-electron chi connectivity index (χ4n) is 3.37. The summed E-state index contributed by atoms with van der Waals surface area (Å²) in [5.41, 5.74) is 1.04. The van der Waals surface area contributed by atoms with Crippen LogP contribution in [-0.2, 0) is 36.9 Å². The lowest BCUT2D eigenvalue weighted by atomic mass is 10.1. The summed E-state index contributed by atoms with van der Waals surface area (Å²) in [6.45, 7) is 7.90. The smallest absolute Gasteiger partial charge is 0.254 e. The largest absolute Gasteiger partial charge is 0.377 e. The van der Waals surface area contributed by atoms with Gasteiger partial charge in [0.2, 0.25) is 0 Å². The zero-order valence-electron chi connectivity index (χ0n) is 19.3. The molecule has 0 fully saturated rings. The van der Waals surface area contributed by atoms with Gasteiger partial charge in [-0.2, -0.15) is 0 Å². The van der Waals surface area contributed by atoms with Gasteiger partial charge in [0.1, 0.15) is 12.4 Å². The normalized spacial score (nSPS) is 20.1. The van der Waals surface area contributed by atoms with Gasteiger partial charge in [-0.1, -0.05) is 45.4 Å². The Labute approximate surface area is 186 Å². The van der Waals surface area contributed by atoms with Gasteiger partial charge in [-0.3, -0.25) is 4.79 Å². The van der Waals surface area contributed by atoms with Crippen molar-refractivity contribution in [1.29, 1.82) is 0 Å². The average Bonchev–Trinajstić information content (AvgIpc) is 2.76. The van der Waals surface area contributed by atoms with Crippen LogP contribution in [0.4, 0.5) is 0 Å². The number of aromatic amines is 1. The Bertz CT molecular complexity index is 651. The Morgan fingerprint density at radius 3 is 2.39 bits per heavy atom. The van der Waals surface area contributed by atoms with Gasteiger partial charge in [0.25, 0.3) is 5.56 Å². The number of rotatable bonds is 7. The Morgan fingerprint density at radius 1 is 0.871 bits per heavy atom. The predicted molar refractivity (Wildman–Crippen MR) is 118 cm³/mol. The van der Waals surface area contributed by atoms with E-state index in [0.29, 0.717) is 63.3 Å². The number of nitrogens with one attached hydrogen (secondary N) is 1. The molecule has 2 heterocycles. The minimum Gasteiger partial charge on any atom is -0.377 e. The molecule has 1 aliphatic rings. The predicted octanol–water partition coefficient (Wildman–Crippen LogP) is 3.29. The summed E-state index contributed by atoms with van der Waals surface area (Å²) in [4.78, 5) is 19.4. The number of hydrogen-bond acceptors (Lipinski definition) is 7. The fourth-order valence-corrected chi connectivity index (χ4v) is 3.37. The quantitative estimate of drug-likeness (QED) is 0.651. The molecule has 178 valence electrons. The number of ether oxygens (including phenoxy) is 5. The van der Waals surface area contributed by atoms with Crippen LogP contribution in [0.2, 0.25) is 0 Å². The highest BCUT2D eigenvalue weighted by molar-refractivity contribution is 5.15. The highest BCUT2D eigenvalue weighted by Gasteiger charge is 2.11. The summed E-state index contributed by atoms with van der Waals surface area (Å²) in [5.74, 6) is 0.494. The van der Waals surface area contributed by atoms with Crippen LogP contribution in [0.15, 0.2) is 4.79 Å². The van der Waals surface area contributed by atoms with Crippen molar-refractivity contribution in [2.75, 3.05) is 46.2 Å². The third-order valence-electron chi connectivity index (χ3n) is 5.29. The van der Waals surface area contributed by atoms with Crippen molar-refractivity contribution in [1.82, 2.24) is 9.97 Å². The lowest BCUT2D eigenvalue weighted by Gasteiger charge is -2.18. The molecule has 8 heteroatoms. The number of nitrogens with zero attached hydrogens (tertiary/aromatic N) is 1. The van der Waals surface area contributed by atoms with Gasteiger partial charge in [-0.15, -0.1) is 0 Å². The van der Waals surface area contributed by atoms with E-state index in [-0.39, 0.29) is 24.9 Å². The molecule has 0 saturated heterocycles. The standard InChI is InChI=1S/C23H40N2O6/c1-3-4-5-6-7-8-9-20-16-28-12-10-27-11-13-30-18-22-24-21(17-29-14-15-31-20)19(2)23(26)25-22/h20H,3-18H2,1-2H3,(H,24,25,26). The first-order valence-corrected chi connectivity index (χ1v) is 11.7. The van der Waals surface area contributed by atoms with E-state index < -0.39 is 0 Å². The summed E-state index contributed by atoms with van der Waals surface area (Å²) in [6.07, 6.45) is 8.59. The molecular formula is C23H40N2O6. The van der Waals surface area contributed by atoms with Gasteiger partial charge in [0.05, 0.1) is 64.7 Å². The minimum atomic E-state index is -0.162. The zero-order valence-corrected chi connectivity index (χ0v) is 19.3. The second kappa shape index (κ2) is 16.3. The molecule has 8 nitrogen and oxygen atoms in total. The molecule has 0 saturated carbocycles. The number of fused-ring (bicyclic) bond motifs is 2. The highest BCUT2D eigenvalue weighted by atomic mass is 16.6. The van der Waals surface area contributed by atoms with E-state index in [0.717, 1.165) is 12.8 Å². The van der Waals surface area contributed by atoms with Gasteiger partial charge in [-0.25, -0.2) is 4.98 Å². The zero-order chi connectivity index (χ0) is 22.2. The van der Waals surface area contributed by atoms with Crippen LogP contribution < -0.4 is 5.56 Å². The first-order valence-electron chi connectivity index (χ1n) is 11.7. The Hall–Kier alpha value is -1.32. The molecule has 1 aliphatic heterocycles. The molecule has 0 spiro atoms. The van der Waals surface area contributed by atoms with Gasteiger partial charge in [-0.05, 0) is 13.3 Å². The Morgan fingerprint density at radius 2 is 1.55 bits per heavy atom. The molecule has 1 aromatic heterocycles. The second-order valence-electron chi connectivity index (χ2n) is 7.93. The van der Waals surface area contributed by atoms with Crippen LogP contribution >= 0.6 is 0 Å². The van der Waals surface area contributed by atoms with E-state index in [4.69, 9.17) is 23.7 Å². The first-order chi connectivity index (χ1) is 15.2. The summed E-state index contributed by atoms with van der Waals surface area (Å²) >= 11 is 0. The Kier molecular flexibility index (Phi) is 13.7. The van der Waals surface area contributed by atoms with Crippen LogP contribution in [0, 0.1) is 6.92 Å². The SMILES string of the molecule is CCCCCCCCC1COCCOCCOCc2nc(c(C)c(=O)[nH]2)COCCO1. The molecule has 0 aromatic carbocycles. The monoisotopic (exact) mass is 440 g/mol. The molecule has 0 amide bonds. The van der Waals surface area contributed by atoms with E-state index >= 15 is 0 Å². The molecule has 1 aromatic rings. The number of aromatic nitrogens is 2. The van der Waals surface area contributed by atoms with Gasteiger partial charge >= 0.3 is 0 Å². The van der Waals surface area contributed by atoms with Crippen molar-refractivity contribution in [3.05, 3.63) is 27.4 Å². The Balaban J connectivity index is 1.84. The molecule has 1 atom stereocenters. The van der Waals surface area contributed by atoms with E-state index in [1.165, 1.54) is 32.1 Å². The number of unbranched alkanes of at least 4 members (excludes halogenated alkanes) is 5. The molecular weight excluding hydrogens is 400 g/mol. The second-order valence-corrected chi connectivity index (χ2v) is 7.93. The lowest BCUT2D eigenvalue weighted by molar-refractivity contribution is -0.0558. The first kappa shape index (κ1) is 25.9. The van der Waals surface area contributed by atoms with Crippen molar-refractivity contribution in [3.63, 3.8) is 0 Å². The number of H-pyrrole nitrogens is 1. The number of hydrogen-bond donors (Lipinski definition) is 1. The molecule has 31 heavy (non-hydrogen) atoms. The van der Waals surface area contributed by atoms with Crippen LogP contribution in [0.3, 0.4) is 0 Å². The molecule has 1 unspecified atom stereocenters. The minimum absolute atomic E-state index is 0.0584. The van der Waals surface area contributed by atoms with E-state index in [2.05, 4.69) is 16.9 Å². The van der Waals surface area contributed by atoms with E-state index in [1.54, 1.807) is 6.92 Å². The third-order valence-corrected chi connectivity index (χ3v) is 5.29. The summed E-state index contributed by atoms with van der Waals surface area (Å²) in [6, 6.07) is 0. The van der Waals surface area contributed by atoms with Crippen LogP contribution in [-0.4, -0.2) is 62.3 Å². The fraction of sp³-hybridized carbons (Fsp3) is 0.826. The maximum absolute atomic E-state index is 12.1. The van der Waals surface area contributed by atoms with Gasteiger partial charge in [0.15, 0.2) is 0 Å². The topological polar surface area (TPSA) is 91.9 Å². The van der Waals surface area contributed by atoms with Crippen molar-refractivity contribution in [2.45, 2.75) is 78.1 Å². The van der Waals surface area contributed by atoms with Crippen LogP contribution in [0.5, 0.6) is 0 Å². The van der Waals surface area contributed by atoms with Gasteiger partial charge in [0, 0.05) is 5.56 Å². The maximum Gasteiger partial charge on any atom is 0.254 e. The van der Waals surface area contributed by atoms with Crippen molar-refractivity contribution in [3.8, 4) is 0 Å². The van der Waals surface area contributed by atoms with Crippen LogP contribution in [0.1, 0.15) is 69.0 Å². The van der Waals surface area contributed by atoms with E-state index in [1.807, 2.05) is 0 Å². The third kappa shape index (κ3) is 11.2. The molecule has 1 N–H and O–H groups in total. The molecule has 0 aliphatic carbocycles. The molecule has 2 bridgehead atoms. The van der Waals surface area contributed by atoms with Crippen molar-refractivity contribution < 1.29 is 23.7 Å². The molecule has 2 rings (SSSR count). The van der Waals surface area contributed by atoms with E-state index in [9.17, 15) is 4.79 Å². The average molecular weight is 441 g/mol. The summed E-state index contributed by atoms with van der Waals surface area (Å²) in [7, 11) is 0. The van der Waals surface area contributed by atoms with Crippen molar-refractivity contribution in [2.24, 2.45) is 0 Å². The van der Waals surface area contributed by atoms with Crippen molar-refractivity contribution >= 4 is 0 Å².